The van der Waals surface area contributed by atoms with E-state index in [1.807, 2.05) is 0 Å². The van der Waals surface area contributed by atoms with Crippen LogP contribution >= 0.6 is 0 Å². The van der Waals surface area contributed by atoms with Gasteiger partial charge in [0.15, 0.2) is 5.76 Å². The Hall–Kier alpha value is -1.82. The number of nitrogens with one attached hydrogen (secondary N) is 2. The zero-order valence-electron chi connectivity index (χ0n) is 12.2. The lowest BCUT2D eigenvalue weighted by molar-refractivity contribution is -0.124. The van der Waals surface area contributed by atoms with E-state index in [2.05, 4.69) is 10.6 Å². The molecule has 3 N–H and O–H groups in total. The number of aliphatic hydroxyl groups excluding tert-OH is 1. The highest BCUT2D eigenvalue weighted by Gasteiger charge is 2.28. The standard InChI is InChI=1S/C15H22N2O4/c1-10(16-15(20)13-7-4-8-21-13)14(19)17-12-6-3-2-5-11(12)9-18/h4,7-8,10-12,18H,2-3,5-6,9H2,1H3,(H,16,20)(H,17,19). The highest BCUT2D eigenvalue weighted by atomic mass is 16.3. The summed E-state index contributed by atoms with van der Waals surface area (Å²) in [5.74, 6) is -0.360. The summed E-state index contributed by atoms with van der Waals surface area (Å²) in [6.07, 6.45) is 5.34. The minimum Gasteiger partial charge on any atom is -0.459 e. The van der Waals surface area contributed by atoms with Crippen molar-refractivity contribution in [2.45, 2.75) is 44.7 Å². The zero-order chi connectivity index (χ0) is 15.2. The minimum atomic E-state index is -0.649. The lowest BCUT2D eigenvalue weighted by Gasteiger charge is -2.31. The lowest BCUT2D eigenvalue weighted by Crippen LogP contribution is -2.51. The van der Waals surface area contributed by atoms with Gasteiger partial charge in [-0.05, 0) is 31.9 Å². The van der Waals surface area contributed by atoms with Gasteiger partial charge in [0.1, 0.15) is 6.04 Å². The van der Waals surface area contributed by atoms with Crippen molar-refractivity contribution in [2.24, 2.45) is 5.92 Å². The van der Waals surface area contributed by atoms with Crippen LogP contribution in [0.2, 0.25) is 0 Å². The van der Waals surface area contributed by atoms with E-state index in [-0.39, 0.29) is 30.2 Å². The molecule has 1 aromatic heterocycles. The van der Waals surface area contributed by atoms with Gasteiger partial charge in [-0.1, -0.05) is 12.8 Å². The Morgan fingerprint density at radius 3 is 2.86 bits per heavy atom. The number of hydrogen-bond donors (Lipinski definition) is 3. The van der Waals surface area contributed by atoms with Gasteiger partial charge in [-0.25, -0.2) is 0 Å². The number of amides is 2. The average Bonchev–Trinajstić information content (AvgIpc) is 3.02. The van der Waals surface area contributed by atoms with Crippen molar-refractivity contribution in [3.8, 4) is 0 Å². The van der Waals surface area contributed by atoms with E-state index in [0.717, 1.165) is 25.7 Å². The van der Waals surface area contributed by atoms with Gasteiger partial charge in [0.05, 0.1) is 6.26 Å². The molecule has 0 bridgehead atoms. The lowest BCUT2D eigenvalue weighted by atomic mass is 9.85. The van der Waals surface area contributed by atoms with Crippen LogP contribution in [-0.4, -0.2) is 35.6 Å². The first-order chi connectivity index (χ1) is 10.1. The Kier molecular flexibility index (Phi) is 5.38. The zero-order valence-corrected chi connectivity index (χ0v) is 12.2. The molecule has 1 fully saturated rings. The highest BCUT2D eigenvalue weighted by molar-refractivity contribution is 5.95. The third-order valence-corrected chi connectivity index (χ3v) is 3.96. The summed E-state index contributed by atoms with van der Waals surface area (Å²) < 4.78 is 4.98. The van der Waals surface area contributed by atoms with Crippen molar-refractivity contribution >= 4 is 11.8 Å². The Labute approximate surface area is 123 Å². The summed E-state index contributed by atoms with van der Waals surface area (Å²) in [6, 6.07) is 2.50. The second-order valence-corrected chi connectivity index (χ2v) is 5.51. The molecule has 116 valence electrons. The van der Waals surface area contributed by atoms with Gasteiger partial charge < -0.3 is 20.2 Å². The number of carbonyl (C=O) groups is 2. The fourth-order valence-electron chi connectivity index (χ4n) is 2.67. The fraction of sp³-hybridized carbons (Fsp3) is 0.600. The normalized spacial score (nSPS) is 23.3. The van der Waals surface area contributed by atoms with Gasteiger partial charge in [-0.15, -0.1) is 0 Å². The fourth-order valence-corrected chi connectivity index (χ4v) is 2.67. The molecule has 1 heterocycles. The van der Waals surface area contributed by atoms with Crippen LogP contribution in [0.4, 0.5) is 0 Å². The molecule has 0 spiro atoms. The van der Waals surface area contributed by atoms with Crippen molar-refractivity contribution < 1.29 is 19.1 Å². The van der Waals surface area contributed by atoms with Crippen LogP contribution in [0.15, 0.2) is 22.8 Å². The smallest absolute Gasteiger partial charge is 0.287 e. The molecular weight excluding hydrogens is 272 g/mol. The van der Waals surface area contributed by atoms with Gasteiger partial charge in [0.25, 0.3) is 5.91 Å². The van der Waals surface area contributed by atoms with Crippen LogP contribution in [0.3, 0.4) is 0 Å². The summed E-state index contributed by atoms with van der Waals surface area (Å²) >= 11 is 0. The SMILES string of the molecule is CC(NC(=O)c1ccco1)C(=O)NC1CCCCC1CO. The highest BCUT2D eigenvalue weighted by Crippen LogP contribution is 2.23. The predicted octanol–water partition coefficient (Wildman–Crippen LogP) is 1.07. The van der Waals surface area contributed by atoms with Crippen molar-refractivity contribution in [2.75, 3.05) is 6.61 Å². The molecule has 0 saturated heterocycles. The second kappa shape index (κ2) is 7.26. The van der Waals surface area contributed by atoms with Crippen LogP contribution in [0, 0.1) is 5.92 Å². The molecule has 3 atom stereocenters. The van der Waals surface area contributed by atoms with E-state index in [1.165, 1.54) is 6.26 Å². The van der Waals surface area contributed by atoms with Crippen molar-refractivity contribution in [3.05, 3.63) is 24.2 Å². The van der Waals surface area contributed by atoms with E-state index in [1.54, 1.807) is 19.1 Å². The maximum atomic E-state index is 12.1. The van der Waals surface area contributed by atoms with E-state index >= 15 is 0 Å². The molecule has 1 aromatic rings. The van der Waals surface area contributed by atoms with Gasteiger partial charge in [-0.2, -0.15) is 0 Å². The molecule has 21 heavy (non-hydrogen) atoms. The Balaban J connectivity index is 1.85. The summed E-state index contributed by atoms with van der Waals surface area (Å²) in [6.45, 7) is 1.71. The van der Waals surface area contributed by atoms with Crippen LogP contribution in [0.25, 0.3) is 0 Å². The molecular formula is C15H22N2O4. The van der Waals surface area contributed by atoms with Gasteiger partial charge in [0, 0.05) is 18.6 Å². The van der Waals surface area contributed by atoms with E-state index in [4.69, 9.17) is 4.42 Å². The first kappa shape index (κ1) is 15.6. The van der Waals surface area contributed by atoms with Gasteiger partial charge in [-0.3, -0.25) is 9.59 Å². The Morgan fingerprint density at radius 1 is 1.43 bits per heavy atom. The Bertz CT molecular complexity index is 472. The summed E-state index contributed by atoms with van der Waals surface area (Å²) in [7, 11) is 0. The number of furan rings is 1. The molecule has 2 amide bonds. The molecule has 0 radical (unpaired) electrons. The van der Waals surface area contributed by atoms with Crippen molar-refractivity contribution in [1.82, 2.24) is 10.6 Å². The molecule has 0 aliphatic heterocycles. The maximum Gasteiger partial charge on any atom is 0.287 e. The number of hydrogen-bond acceptors (Lipinski definition) is 4. The van der Waals surface area contributed by atoms with Crippen LogP contribution in [-0.2, 0) is 4.79 Å². The van der Waals surface area contributed by atoms with Gasteiger partial charge >= 0.3 is 0 Å². The van der Waals surface area contributed by atoms with E-state index in [0.29, 0.717) is 0 Å². The van der Waals surface area contributed by atoms with Crippen molar-refractivity contribution in [3.63, 3.8) is 0 Å². The third kappa shape index (κ3) is 4.07. The molecule has 1 aliphatic rings. The Morgan fingerprint density at radius 2 is 2.19 bits per heavy atom. The summed E-state index contributed by atoms with van der Waals surface area (Å²) in [5.41, 5.74) is 0. The third-order valence-electron chi connectivity index (χ3n) is 3.96. The van der Waals surface area contributed by atoms with Crippen LogP contribution < -0.4 is 10.6 Å². The summed E-state index contributed by atoms with van der Waals surface area (Å²) in [5, 5.41) is 14.9. The van der Waals surface area contributed by atoms with Crippen LogP contribution in [0.1, 0.15) is 43.2 Å². The van der Waals surface area contributed by atoms with Crippen LogP contribution in [0.5, 0.6) is 0 Å². The topological polar surface area (TPSA) is 91.6 Å². The second-order valence-electron chi connectivity index (χ2n) is 5.51. The average molecular weight is 294 g/mol. The number of rotatable bonds is 5. The first-order valence-electron chi connectivity index (χ1n) is 7.37. The molecule has 1 aliphatic carbocycles. The van der Waals surface area contributed by atoms with Gasteiger partial charge in [0.2, 0.25) is 5.91 Å². The molecule has 2 rings (SSSR count). The quantitative estimate of drug-likeness (QED) is 0.757. The number of carbonyl (C=O) groups excluding carboxylic acids is 2. The molecule has 6 heteroatoms. The van der Waals surface area contributed by atoms with E-state index < -0.39 is 11.9 Å². The molecule has 1 saturated carbocycles. The minimum absolute atomic E-state index is 0.0146. The largest absolute Gasteiger partial charge is 0.459 e. The first-order valence-corrected chi connectivity index (χ1v) is 7.37. The van der Waals surface area contributed by atoms with Crippen molar-refractivity contribution in [1.29, 1.82) is 0 Å². The maximum absolute atomic E-state index is 12.1. The molecule has 3 unspecified atom stereocenters. The molecule has 0 aromatic carbocycles. The van der Waals surface area contributed by atoms with E-state index in [9.17, 15) is 14.7 Å². The number of aliphatic hydroxyl groups is 1. The predicted molar refractivity (Wildman–Crippen MR) is 76.6 cm³/mol. The monoisotopic (exact) mass is 294 g/mol. The molecule has 6 nitrogen and oxygen atoms in total. The summed E-state index contributed by atoms with van der Waals surface area (Å²) in [4.78, 5) is 23.9.